The fourth-order valence-corrected chi connectivity index (χ4v) is 4.39. The van der Waals surface area contributed by atoms with E-state index < -0.39 is 0 Å². The van der Waals surface area contributed by atoms with Gasteiger partial charge in [0.15, 0.2) is 0 Å². The molecular formula is C29H30N4O2. The molecule has 1 amide bonds. The molecule has 6 nitrogen and oxygen atoms in total. The predicted octanol–water partition coefficient (Wildman–Crippen LogP) is 5.48. The first-order chi connectivity index (χ1) is 17.2. The van der Waals surface area contributed by atoms with Crippen molar-refractivity contribution >= 4 is 11.8 Å². The minimum atomic E-state index is -0.259. The van der Waals surface area contributed by atoms with E-state index in [-0.39, 0.29) is 12.7 Å². The van der Waals surface area contributed by atoms with Crippen molar-refractivity contribution in [1.82, 2.24) is 14.7 Å². The van der Waals surface area contributed by atoms with Gasteiger partial charge in [0.05, 0.1) is 17.9 Å². The summed E-state index contributed by atoms with van der Waals surface area (Å²) in [6, 6.07) is 30.9. The zero-order valence-electron chi connectivity index (χ0n) is 20.0. The largest absolute Gasteiger partial charge is 0.447 e. The number of aromatic nitrogens is 2. The summed E-state index contributed by atoms with van der Waals surface area (Å²) in [5, 5.41) is 4.82. The van der Waals surface area contributed by atoms with Crippen LogP contribution in [0.4, 0.5) is 10.5 Å². The molecule has 0 atom stereocenters. The van der Waals surface area contributed by atoms with Crippen molar-refractivity contribution in [2.45, 2.75) is 13.5 Å². The van der Waals surface area contributed by atoms with Crippen molar-refractivity contribution in [3.05, 3.63) is 96.6 Å². The standard InChI is InChI=1S/C29H30N4O2/c1-23-12-14-26(15-13-23)31-16-18-32(19-17-31)29(34)35-21-20-33-28(25-10-6-3-7-11-25)22-27(30-33)24-8-4-2-5-9-24/h2-15,22H,16-21H2,1H3. The van der Waals surface area contributed by atoms with Crippen molar-refractivity contribution in [1.29, 1.82) is 0 Å². The van der Waals surface area contributed by atoms with Gasteiger partial charge in [-0.15, -0.1) is 0 Å². The van der Waals surface area contributed by atoms with E-state index in [4.69, 9.17) is 9.84 Å². The van der Waals surface area contributed by atoms with E-state index in [1.54, 1.807) is 4.90 Å². The first-order valence-corrected chi connectivity index (χ1v) is 12.1. The molecule has 0 radical (unpaired) electrons. The number of ether oxygens (including phenoxy) is 1. The Morgan fingerprint density at radius 2 is 1.46 bits per heavy atom. The molecule has 1 aliphatic rings. The average Bonchev–Trinajstić information content (AvgIpc) is 3.34. The molecule has 1 aromatic heterocycles. The van der Waals surface area contributed by atoms with Crippen molar-refractivity contribution in [2.24, 2.45) is 0 Å². The topological polar surface area (TPSA) is 50.6 Å². The van der Waals surface area contributed by atoms with Crippen LogP contribution in [0, 0.1) is 6.92 Å². The van der Waals surface area contributed by atoms with Gasteiger partial charge in [-0.3, -0.25) is 4.68 Å². The van der Waals surface area contributed by atoms with E-state index in [1.807, 2.05) is 41.1 Å². The Balaban J connectivity index is 1.20. The molecule has 0 unspecified atom stereocenters. The summed E-state index contributed by atoms with van der Waals surface area (Å²) >= 11 is 0. The molecule has 1 fully saturated rings. The van der Waals surface area contributed by atoms with Crippen molar-refractivity contribution in [3.8, 4) is 22.5 Å². The van der Waals surface area contributed by atoms with Crippen LogP contribution in [-0.2, 0) is 11.3 Å². The minimum Gasteiger partial charge on any atom is -0.447 e. The number of rotatable bonds is 6. The van der Waals surface area contributed by atoms with Crippen LogP contribution in [0.25, 0.3) is 22.5 Å². The minimum absolute atomic E-state index is 0.259. The Hall–Kier alpha value is -4.06. The number of anilines is 1. The third-order valence-electron chi connectivity index (χ3n) is 6.38. The van der Waals surface area contributed by atoms with Crippen LogP contribution in [0.3, 0.4) is 0 Å². The average molecular weight is 467 g/mol. The van der Waals surface area contributed by atoms with Gasteiger partial charge in [-0.05, 0) is 30.7 Å². The number of hydrogen-bond donors (Lipinski definition) is 0. The van der Waals surface area contributed by atoms with E-state index in [9.17, 15) is 4.79 Å². The Labute approximate surface area is 206 Å². The van der Waals surface area contributed by atoms with E-state index in [2.05, 4.69) is 66.4 Å². The van der Waals surface area contributed by atoms with Crippen molar-refractivity contribution in [2.75, 3.05) is 37.7 Å². The maximum atomic E-state index is 12.7. The summed E-state index contributed by atoms with van der Waals surface area (Å²) in [4.78, 5) is 16.8. The third kappa shape index (κ3) is 5.38. The highest BCUT2D eigenvalue weighted by atomic mass is 16.6. The molecule has 5 rings (SSSR count). The molecule has 0 spiro atoms. The number of amides is 1. The molecule has 2 heterocycles. The van der Waals surface area contributed by atoms with Gasteiger partial charge in [0.2, 0.25) is 0 Å². The lowest BCUT2D eigenvalue weighted by Crippen LogP contribution is -2.49. The van der Waals surface area contributed by atoms with Gasteiger partial charge < -0.3 is 14.5 Å². The molecule has 35 heavy (non-hydrogen) atoms. The lowest BCUT2D eigenvalue weighted by atomic mass is 10.1. The number of carbonyl (C=O) groups is 1. The normalized spacial score (nSPS) is 13.6. The number of aryl methyl sites for hydroxylation is 1. The molecule has 0 bridgehead atoms. The van der Waals surface area contributed by atoms with E-state index >= 15 is 0 Å². The van der Waals surface area contributed by atoms with Crippen LogP contribution in [0.2, 0.25) is 0 Å². The fourth-order valence-electron chi connectivity index (χ4n) is 4.39. The van der Waals surface area contributed by atoms with E-state index in [0.717, 1.165) is 35.6 Å². The number of benzene rings is 3. The zero-order chi connectivity index (χ0) is 24.0. The molecule has 178 valence electrons. The smallest absolute Gasteiger partial charge is 0.409 e. The lowest BCUT2D eigenvalue weighted by molar-refractivity contribution is 0.0963. The number of hydrogen-bond acceptors (Lipinski definition) is 4. The third-order valence-corrected chi connectivity index (χ3v) is 6.38. The van der Waals surface area contributed by atoms with Gasteiger partial charge in [0.25, 0.3) is 0 Å². The summed E-state index contributed by atoms with van der Waals surface area (Å²) in [6.07, 6.45) is -0.259. The zero-order valence-corrected chi connectivity index (χ0v) is 20.0. The Morgan fingerprint density at radius 1 is 0.829 bits per heavy atom. The molecular weight excluding hydrogens is 436 g/mol. The maximum Gasteiger partial charge on any atom is 0.409 e. The highest BCUT2D eigenvalue weighted by Crippen LogP contribution is 2.26. The summed E-state index contributed by atoms with van der Waals surface area (Å²) in [7, 11) is 0. The number of nitrogens with zero attached hydrogens (tertiary/aromatic N) is 4. The van der Waals surface area contributed by atoms with Gasteiger partial charge in [-0.1, -0.05) is 78.4 Å². The molecule has 1 saturated heterocycles. The molecule has 6 heteroatoms. The molecule has 0 saturated carbocycles. The van der Waals surface area contributed by atoms with Gasteiger partial charge in [-0.2, -0.15) is 5.10 Å². The van der Waals surface area contributed by atoms with Gasteiger partial charge >= 0.3 is 6.09 Å². The predicted molar refractivity (Wildman–Crippen MR) is 139 cm³/mol. The van der Waals surface area contributed by atoms with Gasteiger partial charge in [0, 0.05) is 37.4 Å². The van der Waals surface area contributed by atoms with Crippen LogP contribution in [-0.4, -0.2) is 53.6 Å². The van der Waals surface area contributed by atoms with Crippen molar-refractivity contribution in [3.63, 3.8) is 0 Å². The maximum absolute atomic E-state index is 12.7. The summed E-state index contributed by atoms with van der Waals surface area (Å²) in [5.74, 6) is 0. The molecule has 0 aliphatic carbocycles. The van der Waals surface area contributed by atoms with Crippen LogP contribution in [0.15, 0.2) is 91.0 Å². The Morgan fingerprint density at radius 3 is 2.11 bits per heavy atom. The highest BCUT2D eigenvalue weighted by Gasteiger charge is 2.22. The molecule has 4 aromatic rings. The van der Waals surface area contributed by atoms with Crippen molar-refractivity contribution < 1.29 is 9.53 Å². The lowest BCUT2D eigenvalue weighted by Gasteiger charge is -2.35. The summed E-state index contributed by atoms with van der Waals surface area (Å²) < 4.78 is 7.59. The van der Waals surface area contributed by atoms with E-state index in [1.165, 1.54) is 11.3 Å². The quantitative estimate of drug-likeness (QED) is 0.377. The molecule has 1 aliphatic heterocycles. The van der Waals surface area contributed by atoms with Gasteiger partial charge in [-0.25, -0.2) is 4.79 Å². The Kier molecular flexibility index (Phi) is 6.80. The second-order valence-electron chi connectivity index (χ2n) is 8.79. The Bertz CT molecular complexity index is 1250. The van der Waals surface area contributed by atoms with Crippen LogP contribution in [0.5, 0.6) is 0 Å². The van der Waals surface area contributed by atoms with Gasteiger partial charge in [0.1, 0.15) is 6.61 Å². The summed E-state index contributed by atoms with van der Waals surface area (Å²) in [6.45, 7) is 5.76. The second kappa shape index (κ2) is 10.5. The van der Waals surface area contributed by atoms with E-state index in [0.29, 0.717) is 19.6 Å². The first-order valence-electron chi connectivity index (χ1n) is 12.1. The highest BCUT2D eigenvalue weighted by molar-refractivity contribution is 5.69. The van der Waals surface area contributed by atoms with Crippen LogP contribution >= 0.6 is 0 Å². The SMILES string of the molecule is Cc1ccc(N2CCN(C(=O)OCCn3nc(-c4ccccc4)cc3-c3ccccc3)CC2)cc1. The molecule has 3 aromatic carbocycles. The first kappa shape index (κ1) is 22.7. The van der Waals surface area contributed by atoms with Crippen LogP contribution < -0.4 is 4.90 Å². The summed E-state index contributed by atoms with van der Waals surface area (Å²) in [5.41, 5.74) is 6.51. The van der Waals surface area contributed by atoms with Crippen LogP contribution in [0.1, 0.15) is 5.56 Å². The monoisotopic (exact) mass is 466 g/mol. The number of piperazine rings is 1. The molecule has 0 N–H and O–H groups in total. The fraction of sp³-hybridized carbons (Fsp3) is 0.241. The number of carbonyl (C=O) groups excluding carboxylic acids is 1. The second-order valence-corrected chi connectivity index (χ2v) is 8.79.